The summed E-state index contributed by atoms with van der Waals surface area (Å²) in [7, 11) is 2.88. The molecule has 2 aliphatic rings. The Balaban J connectivity index is 1.33. The fourth-order valence-corrected chi connectivity index (χ4v) is 11.7. The normalized spacial score (nSPS) is 20.6. The molecule has 2 fully saturated rings. The summed E-state index contributed by atoms with van der Waals surface area (Å²) < 4.78 is 73.8. The molecule has 4 aromatic carbocycles. The van der Waals surface area contributed by atoms with Crippen molar-refractivity contribution in [2.75, 3.05) is 64.4 Å². The molecule has 2 unspecified atom stereocenters. The molecule has 75 heavy (non-hydrogen) atoms. The van der Waals surface area contributed by atoms with Crippen LogP contribution < -0.4 is 25.2 Å². The van der Waals surface area contributed by atoms with Crippen LogP contribution in [-0.4, -0.2) is 115 Å². The minimum Gasteiger partial charge on any atom is -0.497 e. The molecule has 0 saturated carbocycles. The smallest absolute Gasteiger partial charge is 0.280 e. The second-order valence-corrected chi connectivity index (χ2v) is 21.1. The molecule has 0 radical (unpaired) electrons. The van der Waals surface area contributed by atoms with Crippen molar-refractivity contribution in [2.45, 2.75) is 109 Å². The Morgan fingerprint density at radius 3 is 2.15 bits per heavy atom. The first-order chi connectivity index (χ1) is 36.2. The van der Waals surface area contributed by atoms with Crippen molar-refractivity contribution in [3.05, 3.63) is 142 Å². The number of nitrogens with zero attached hydrogens (tertiary/aromatic N) is 6. The Kier molecular flexibility index (Phi) is 18.2. The van der Waals surface area contributed by atoms with Gasteiger partial charge in [0.2, 0.25) is 5.95 Å². The van der Waals surface area contributed by atoms with Gasteiger partial charge in [0.25, 0.3) is 14.1 Å². The second-order valence-electron chi connectivity index (χ2n) is 19.7. The van der Waals surface area contributed by atoms with Crippen LogP contribution in [0.4, 0.5) is 16.0 Å². The first-order valence-corrected chi connectivity index (χ1v) is 26.7. The molecule has 2 aromatic heterocycles. The van der Waals surface area contributed by atoms with Gasteiger partial charge in [-0.15, -0.1) is 0 Å². The number of halogens is 1. The van der Waals surface area contributed by atoms with E-state index in [-0.39, 0.29) is 67.1 Å². The van der Waals surface area contributed by atoms with E-state index < -0.39 is 50.0 Å². The number of H-pyrrole nitrogens is 1. The molecule has 6 aromatic rings. The number of piperidine rings is 1. The number of ether oxygens (including phenoxy) is 6. The average Bonchev–Trinajstić information content (AvgIpc) is 3.99. The van der Waals surface area contributed by atoms with Crippen LogP contribution in [-0.2, 0) is 33.6 Å². The Labute approximate surface area is 440 Å². The first kappa shape index (κ1) is 55.2. The molecule has 400 valence electrons. The number of aromatic nitrogens is 4. The molecule has 17 nitrogen and oxygen atoms in total. The molecule has 0 amide bonds. The summed E-state index contributed by atoms with van der Waals surface area (Å²) in [6.45, 7) is 13.6. The van der Waals surface area contributed by atoms with Crippen LogP contribution in [0.15, 0.2) is 114 Å². The Bertz CT molecular complexity index is 2830. The molecular weight excluding hydrogens is 979 g/mol. The van der Waals surface area contributed by atoms with E-state index in [4.69, 9.17) is 42.5 Å². The minimum atomic E-state index is -1.95. The maximum absolute atomic E-state index is 15.6. The van der Waals surface area contributed by atoms with Gasteiger partial charge in [-0.3, -0.25) is 14.3 Å². The van der Waals surface area contributed by atoms with Crippen LogP contribution in [0.25, 0.3) is 11.2 Å². The lowest BCUT2D eigenvalue weighted by molar-refractivity contribution is -0.268. The van der Waals surface area contributed by atoms with Crippen molar-refractivity contribution in [1.29, 1.82) is 5.26 Å². The number of anilines is 2. The van der Waals surface area contributed by atoms with Gasteiger partial charge in [-0.25, -0.2) is 14.0 Å². The molecule has 19 heteroatoms. The van der Waals surface area contributed by atoms with Crippen molar-refractivity contribution in [3.63, 3.8) is 0 Å². The number of benzene rings is 4. The Morgan fingerprint density at radius 1 is 0.907 bits per heavy atom. The van der Waals surface area contributed by atoms with E-state index >= 15 is 4.39 Å². The lowest BCUT2D eigenvalue weighted by Gasteiger charge is -2.45. The Hall–Kier alpha value is -6.00. The summed E-state index contributed by atoms with van der Waals surface area (Å²) >= 11 is 0. The van der Waals surface area contributed by atoms with E-state index in [1.807, 2.05) is 83.8 Å². The predicted octanol–water partition coefficient (Wildman–Crippen LogP) is 9.94. The number of nitrogens with one attached hydrogen (secondary N) is 2. The largest absolute Gasteiger partial charge is 0.497 e. The fourth-order valence-electron chi connectivity index (χ4n) is 9.96. The number of methoxy groups -OCH3 is 3. The zero-order valence-electron chi connectivity index (χ0n) is 44.3. The van der Waals surface area contributed by atoms with Crippen LogP contribution in [0.5, 0.6) is 11.5 Å². The number of rotatable bonds is 24. The highest BCUT2D eigenvalue weighted by Gasteiger charge is 2.55. The van der Waals surface area contributed by atoms with Gasteiger partial charge in [-0.1, -0.05) is 80.6 Å². The maximum Gasteiger partial charge on any atom is 0.280 e. The molecule has 4 heterocycles. The van der Waals surface area contributed by atoms with Crippen molar-refractivity contribution < 1.29 is 41.9 Å². The number of hydrogen-bond donors (Lipinski definition) is 2. The molecule has 2 saturated heterocycles. The van der Waals surface area contributed by atoms with Crippen LogP contribution in [0.3, 0.4) is 0 Å². The summed E-state index contributed by atoms with van der Waals surface area (Å²) in [5, 5.41) is 13.0. The van der Waals surface area contributed by atoms with E-state index in [0.29, 0.717) is 43.1 Å². The van der Waals surface area contributed by atoms with E-state index in [1.54, 1.807) is 44.1 Å². The molecule has 8 rings (SSSR count). The molecule has 0 spiro atoms. The maximum atomic E-state index is 15.6. The monoisotopic (exact) mass is 1050 g/mol. The Morgan fingerprint density at radius 2 is 1.55 bits per heavy atom. The van der Waals surface area contributed by atoms with E-state index in [9.17, 15) is 10.1 Å². The topological polar surface area (TPSA) is 180 Å². The third kappa shape index (κ3) is 12.2. The van der Waals surface area contributed by atoms with Crippen molar-refractivity contribution >= 4 is 31.3 Å². The van der Waals surface area contributed by atoms with E-state index in [0.717, 1.165) is 16.7 Å². The molecular formula is C56H70FN8O9P. The molecule has 0 bridgehead atoms. The SMILES string of the molecule is COc1ccc(C(OC[C@H]2O[C@@H](n3cnc4c(=O)[nH]c(NCC(C)C)nc43)[C@H](OC3(OC)CCCN(c4ccccc4F)C3)[C@@H]2OP(OCCC#N)N(C(C)C)C(C)C)(c2ccccc2)c2ccc(OC)cc2)cc1. The second kappa shape index (κ2) is 24.8. The number of imidazole rings is 1. The number of fused-ring (bicyclic) bond motifs is 1. The van der Waals surface area contributed by atoms with Crippen molar-refractivity contribution in [3.8, 4) is 17.6 Å². The average molecular weight is 1050 g/mol. The van der Waals surface area contributed by atoms with Gasteiger partial charge in [0, 0.05) is 38.7 Å². The highest BCUT2D eigenvalue weighted by atomic mass is 31.2. The summed E-state index contributed by atoms with van der Waals surface area (Å²) in [4.78, 5) is 28.1. The molecule has 0 aliphatic carbocycles. The lowest BCUT2D eigenvalue weighted by atomic mass is 9.80. The molecule has 2 N–H and O–H groups in total. The van der Waals surface area contributed by atoms with E-state index in [2.05, 4.69) is 67.6 Å². The minimum absolute atomic E-state index is 0.0653. The zero-order chi connectivity index (χ0) is 53.3. The van der Waals surface area contributed by atoms with Crippen LogP contribution in [0, 0.1) is 23.1 Å². The van der Waals surface area contributed by atoms with Gasteiger partial charge in [0.05, 0.1) is 58.5 Å². The van der Waals surface area contributed by atoms with Crippen molar-refractivity contribution in [1.82, 2.24) is 24.2 Å². The van der Waals surface area contributed by atoms with Crippen LogP contribution >= 0.6 is 8.53 Å². The third-order valence-corrected chi connectivity index (χ3v) is 15.6. The van der Waals surface area contributed by atoms with Gasteiger partial charge in [-0.2, -0.15) is 10.2 Å². The summed E-state index contributed by atoms with van der Waals surface area (Å²) in [5.74, 6) is 0.123. The number of hydrogen-bond acceptors (Lipinski definition) is 15. The molecule has 6 atom stereocenters. The van der Waals surface area contributed by atoms with Gasteiger partial charge in [0.15, 0.2) is 23.2 Å². The van der Waals surface area contributed by atoms with Gasteiger partial charge in [-0.05, 0) is 93.1 Å². The van der Waals surface area contributed by atoms with Gasteiger partial charge >= 0.3 is 0 Å². The first-order valence-electron chi connectivity index (χ1n) is 25.6. The highest BCUT2D eigenvalue weighted by molar-refractivity contribution is 7.44. The quantitative estimate of drug-likeness (QED) is 0.0253. The summed E-state index contributed by atoms with van der Waals surface area (Å²) in [6.07, 6.45) is -1.46. The van der Waals surface area contributed by atoms with Crippen molar-refractivity contribution in [2.24, 2.45) is 5.92 Å². The predicted molar refractivity (Wildman–Crippen MR) is 286 cm³/mol. The summed E-state index contributed by atoms with van der Waals surface area (Å²) in [5.41, 5.74) is 1.44. The van der Waals surface area contributed by atoms with Crippen LogP contribution in [0.1, 0.15) is 83.7 Å². The van der Waals surface area contributed by atoms with Gasteiger partial charge < -0.3 is 47.7 Å². The number of nitriles is 1. The number of para-hydroxylation sites is 1. The molecule has 2 aliphatic heterocycles. The summed E-state index contributed by atoms with van der Waals surface area (Å²) in [6, 6.07) is 34.2. The highest BCUT2D eigenvalue weighted by Crippen LogP contribution is 2.52. The number of aromatic amines is 1. The lowest BCUT2D eigenvalue weighted by Crippen LogP contribution is -2.55. The van der Waals surface area contributed by atoms with Crippen LogP contribution in [0.2, 0.25) is 0 Å². The zero-order valence-corrected chi connectivity index (χ0v) is 45.2. The van der Waals surface area contributed by atoms with Gasteiger partial charge in [0.1, 0.15) is 41.2 Å². The van der Waals surface area contributed by atoms with E-state index in [1.165, 1.54) is 12.4 Å². The standard InChI is InChI=1S/C56H70FN8O9P/c1-37(2)33-59-54-61-51-48(52(66)62-54)60-36-64(51)53-50(73-55(69-9)29-15-31-63(35-55)46-20-14-13-19-45(46)57)49(74-75(71-32-16-30-58)65(38(3)4)39(5)6)47(72-53)34-70-56(40-17-11-10-12-18-40,41-21-25-43(67-7)26-22-41)42-23-27-44(68-8)28-24-42/h10-14,17-28,36-39,47,49-50,53H,15-16,29,31-35H2,1-9H3,(H2,59,61,62,66)/t47-,49-,50-,53-,55?,75?/m1/s1. The fraction of sp³-hybridized carbons (Fsp3) is 0.464. The third-order valence-electron chi connectivity index (χ3n) is 13.5.